The van der Waals surface area contributed by atoms with Gasteiger partial charge in [0.05, 0.1) is 23.2 Å². The van der Waals surface area contributed by atoms with Crippen molar-refractivity contribution in [2.24, 2.45) is 0 Å². The topological polar surface area (TPSA) is 68.3 Å². The van der Waals surface area contributed by atoms with Crippen LogP contribution in [-0.2, 0) is 16.4 Å². The molecule has 0 aliphatic heterocycles. The first-order chi connectivity index (χ1) is 14.5. The number of nitrogens with one attached hydrogen (secondary N) is 1. The van der Waals surface area contributed by atoms with Crippen LogP contribution in [0, 0.1) is 5.82 Å². The van der Waals surface area contributed by atoms with E-state index in [1.807, 2.05) is 30.3 Å². The Morgan fingerprint density at radius 1 is 1.00 bits per heavy atom. The molecule has 0 amide bonds. The van der Waals surface area contributed by atoms with E-state index in [-0.39, 0.29) is 9.79 Å². The van der Waals surface area contributed by atoms with Crippen LogP contribution in [0.15, 0.2) is 88.8 Å². The first kappa shape index (κ1) is 19.8. The summed E-state index contributed by atoms with van der Waals surface area (Å²) in [5.74, 6) is 0.0844. The van der Waals surface area contributed by atoms with Crippen molar-refractivity contribution in [3.8, 4) is 5.75 Å². The molecular formula is C23H19FN2O3S. The molecule has 4 aromatic rings. The van der Waals surface area contributed by atoms with Crippen LogP contribution in [0.25, 0.3) is 10.9 Å². The largest absolute Gasteiger partial charge is 0.497 e. The summed E-state index contributed by atoms with van der Waals surface area (Å²) in [5.41, 5.74) is 1.78. The number of hydrogen-bond acceptors (Lipinski definition) is 5. The van der Waals surface area contributed by atoms with Crippen LogP contribution in [0.3, 0.4) is 0 Å². The van der Waals surface area contributed by atoms with Crippen molar-refractivity contribution in [1.29, 1.82) is 0 Å². The number of fused-ring (bicyclic) bond motifs is 1. The second-order valence-corrected chi connectivity index (χ2v) is 8.60. The average molecular weight is 422 g/mol. The molecule has 0 fully saturated rings. The smallest absolute Gasteiger partial charge is 0.210 e. The molecule has 0 radical (unpaired) electrons. The van der Waals surface area contributed by atoms with E-state index in [1.54, 1.807) is 12.1 Å². The number of sulfone groups is 1. The Kier molecular flexibility index (Phi) is 5.37. The molecule has 1 heterocycles. The van der Waals surface area contributed by atoms with Gasteiger partial charge in [0.25, 0.3) is 0 Å². The molecule has 0 bridgehead atoms. The predicted molar refractivity (Wildman–Crippen MR) is 114 cm³/mol. The fraction of sp³-hybridized carbons (Fsp3) is 0.0870. The van der Waals surface area contributed by atoms with Gasteiger partial charge in [-0.3, -0.25) is 4.98 Å². The SMILES string of the molecule is COc1ccc(S(=O)(=O)c2cnc3ccc(F)cc3c2NCc2ccccc2)cc1. The van der Waals surface area contributed by atoms with Crippen molar-refractivity contribution in [2.45, 2.75) is 16.3 Å². The number of methoxy groups -OCH3 is 1. The van der Waals surface area contributed by atoms with E-state index in [0.717, 1.165) is 5.56 Å². The minimum Gasteiger partial charge on any atom is -0.497 e. The highest BCUT2D eigenvalue weighted by Gasteiger charge is 2.24. The van der Waals surface area contributed by atoms with E-state index >= 15 is 0 Å². The van der Waals surface area contributed by atoms with E-state index in [0.29, 0.717) is 28.9 Å². The number of rotatable bonds is 6. The number of anilines is 1. The first-order valence-electron chi connectivity index (χ1n) is 9.24. The Morgan fingerprint density at radius 3 is 2.43 bits per heavy atom. The maximum Gasteiger partial charge on any atom is 0.210 e. The molecule has 0 saturated carbocycles. The lowest BCUT2D eigenvalue weighted by atomic mass is 10.1. The standard InChI is InChI=1S/C23H19FN2O3S/c1-29-18-8-10-19(11-9-18)30(27,28)22-15-25-21-12-7-17(24)13-20(21)23(22)26-14-16-5-3-2-4-6-16/h2-13,15H,14H2,1H3,(H,25,26). The van der Waals surface area contributed by atoms with E-state index in [4.69, 9.17) is 4.74 Å². The normalized spacial score (nSPS) is 11.4. The monoisotopic (exact) mass is 422 g/mol. The highest BCUT2D eigenvalue weighted by molar-refractivity contribution is 7.91. The minimum absolute atomic E-state index is 0.0123. The third kappa shape index (κ3) is 3.84. The molecule has 1 aromatic heterocycles. The van der Waals surface area contributed by atoms with Crippen molar-refractivity contribution in [2.75, 3.05) is 12.4 Å². The number of ether oxygens (including phenoxy) is 1. The molecule has 1 N–H and O–H groups in total. The van der Waals surface area contributed by atoms with Gasteiger partial charge in [0.15, 0.2) is 0 Å². The second kappa shape index (κ2) is 8.12. The molecule has 0 saturated heterocycles. The van der Waals surface area contributed by atoms with Crippen molar-refractivity contribution >= 4 is 26.4 Å². The lowest BCUT2D eigenvalue weighted by Gasteiger charge is -2.15. The Bertz CT molecular complexity index is 1290. The third-order valence-corrected chi connectivity index (χ3v) is 6.55. The molecular weight excluding hydrogens is 403 g/mol. The molecule has 5 nitrogen and oxygen atoms in total. The maximum absolute atomic E-state index is 14.0. The Morgan fingerprint density at radius 2 is 1.73 bits per heavy atom. The lowest BCUT2D eigenvalue weighted by Crippen LogP contribution is -2.09. The molecule has 0 spiro atoms. The van der Waals surface area contributed by atoms with Gasteiger partial charge in [0.1, 0.15) is 16.5 Å². The van der Waals surface area contributed by atoms with Gasteiger partial charge in [0, 0.05) is 18.1 Å². The van der Waals surface area contributed by atoms with E-state index in [1.165, 1.54) is 43.6 Å². The lowest BCUT2D eigenvalue weighted by molar-refractivity contribution is 0.414. The van der Waals surface area contributed by atoms with E-state index < -0.39 is 15.7 Å². The molecule has 7 heteroatoms. The van der Waals surface area contributed by atoms with Gasteiger partial charge < -0.3 is 10.1 Å². The Balaban J connectivity index is 1.85. The van der Waals surface area contributed by atoms with Gasteiger partial charge >= 0.3 is 0 Å². The summed E-state index contributed by atoms with van der Waals surface area (Å²) >= 11 is 0. The van der Waals surface area contributed by atoms with Crippen molar-refractivity contribution < 1.29 is 17.5 Å². The summed E-state index contributed by atoms with van der Waals surface area (Å²) in [5, 5.41) is 3.59. The summed E-state index contributed by atoms with van der Waals surface area (Å²) in [7, 11) is -2.40. The number of benzene rings is 3. The van der Waals surface area contributed by atoms with Crippen LogP contribution in [0.1, 0.15) is 5.56 Å². The van der Waals surface area contributed by atoms with Gasteiger partial charge in [-0.15, -0.1) is 0 Å². The zero-order valence-corrected chi connectivity index (χ0v) is 17.0. The first-order valence-corrected chi connectivity index (χ1v) is 10.7. The molecule has 0 aliphatic carbocycles. The van der Waals surface area contributed by atoms with Crippen molar-refractivity contribution in [3.63, 3.8) is 0 Å². The van der Waals surface area contributed by atoms with Crippen LogP contribution in [0.5, 0.6) is 5.75 Å². The second-order valence-electron chi connectivity index (χ2n) is 6.68. The molecule has 4 rings (SSSR count). The highest BCUT2D eigenvalue weighted by atomic mass is 32.2. The number of pyridine rings is 1. The van der Waals surface area contributed by atoms with Gasteiger partial charge in [-0.1, -0.05) is 30.3 Å². The van der Waals surface area contributed by atoms with Crippen LogP contribution >= 0.6 is 0 Å². The summed E-state index contributed by atoms with van der Waals surface area (Å²) in [6.45, 7) is 0.377. The fourth-order valence-electron chi connectivity index (χ4n) is 3.20. The summed E-state index contributed by atoms with van der Waals surface area (Å²) in [4.78, 5) is 4.34. The quantitative estimate of drug-likeness (QED) is 0.482. The summed E-state index contributed by atoms with van der Waals surface area (Å²) in [6.07, 6.45) is 1.31. The van der Waals surface area contributed by atoms with Crippen molar-refractivity contribution in [1.82, 2.24) is 4.98 Å². The Labute approximate surface area is 174 Å². The van der Waals surface area contributed by atoms with Crippen molar-refractivity contribution in [3.05, 3.63) is 90.4 Å². The highest BCUT2D eigenvalue weighted by Crippen LogP contribution is 2.34. The Hall–Kier alpha value is -3.45. The van der Waals surface area contributed by atoms with Gasteiger partial charge in [-0.05, 0) is 48.0 Å². The van der Waals surface area contributed by atoms with Crippen LogP contribution < -0.4 is 10.1 Å². The third-order valence-electron chi connectivity index (χ3n) is 4.77. The molecule has 30 heavy (non-hydrogen) atoms. The molecule has 3 aromatic carbocycles. The molecule has 0 aliphatic rings. The van der Waals surface area contributed by atoms with E-state index in [9.17, 15) is 12.8 Å². The van der Waals surface area contributed by atoms with Gasteiger partial charge in [-0.25, -0.2) is 12.8 Å². The number of nitrogens with zero attached hydrogens (tertiary/aromatic N) is 1. The summed E-state index contributed by atoms with van der Waals surface area (Å²) < 4.78 is 45.9. The average Bonchev–Trinajstić information content (AvgIpc) is 2.78. The number of aromatic nitrogens is 1. The molecule has 0 unspecified atom stereocenters. The fourth-order valence-corrected chi connectivity index (χ4v) is 4.59. The van der Waals surface area contributed by atoms with Gasteiger partial charge in [0.2, 0.25) is 9.84 Å². The zero-order valence-electron chi connectivity index (χ0n) is 16.2. The number of hydrogen-bond donors (Lipinski definition) is 1. The van der Waals surface area contributed by atoms with Crippen LogP contribution in [0.4, 0.5) is 10.1 Å². The zero-order chi connectivity index (χ0) is 21.1. The summed E-state index contributed by atoms with van der Waals surface area (Å²) in [6, 6.07) is 19.8. The maximum atomic E-state index is 14.0. The minimum atomic E-state index is -3.91. The van der Waals surface area contributed by atoms with Gasteiger partial charge in [-0.2, -0.15) is 0 Å². The predicted octanol–water partition coefficient (Wildman–Crippen LogP) is 4.83. The molecule has 152 valence electrons. The number of halogens is 1. The van der Waals surface area contributed by atoms with Crippen LogP contribution in [-0.4, -0.2) is 20.5 Å². The van der Waals surface area contributed by atoms with Crippen LogP contribution in [0.2, 0.25) is 0 Å². The molecule has 0 atom stereocenters. The van der Waals surface area contributed by atoms with E-state index in [2.05, 4.69) is 10.3 Å².